The van der Waals surface area contributed by atoms with Crippen LogP contribution in [0.4, 0.5) is 0 Å². The first kappa shape index (κ1) is 15.1. The number of rotatable bonds is 5. The molecule has 0 aliphatic carbocycles. The summed E-state index contributed by atoms with van der Waals surface area (Å²) in [6.07, 6.45) is 0.702. The van der Waals surface area contributed by atoms with Gasteiger partial charge in [-0.1, -0.05) is 48.0 Å². The van der Waals surface area contributed by atoms with Gasteiger partial charge in [-0.15, -0.1) is 0 Å². The number of hydrogen-bond donors (Lipinski definition) is 0. The smallest absolute Gasteiger partial charge is 0.125 e. The van der Waals surface area contributed by atoms with E-state index in [1.807, 2.05) is 56.3 Å². The summed E-state index contributed by atoms with van der Waals surface area (Å²) < 4.78 is 5.89. The highest BCUT2D eigenvalue weighted by atomic mass is 16.5. The second kappa shape index (κ2) is 6.95. The number of para-hydroxylation sites is 1. The van der Waals surface area contributed by atoms with Crippen molar-refractivity contribution in [3.63, 3.8) is 0 Å². The van der Waals surface area contributed by atoms with E-state index in [0.29, 0.717) is 13.0 Å². The summed E-state index contributed by atoms with van der Waals surface area (Å²) in [5.41, 5.74) is 4.55. The maximum Gasteiger partial charge on any atom is 0.125 e. The molecule has 1 unspecified atom stereocenters. The van der Waals surface area contributed by atoms with E-state index in [4.69, 9.17) is 4.74 Å². The van der Waals surface area contributed by atoms with Crippen LogP contribution in [-0.4, -0.2) is 6.61 Å². The molecule has 0 saturated carbocycles. The molecule has 2 aromatic rings. The molecule has 0 aromatic heterocycles. The molecule has 2 heteroatoms. The quantitative estimate of drug-likeness (QED) is 0.795. The summed E-state index contributed by atoms with van der Waals surface area (Å²) in [6, 6.07) is 16.6. The molecule has 0 heterocycles. The highest BCUT2D eigenvalue weighted by Gasteiger charge is 2.11. The number of nitrogens with zero attached hydrogens (tertiary/aromatic N) is 1. The van der Waals surface area contributed by atoms with Gasteiger partial charge in [0.2, 0.25) is 0 Å². The van der Waals surface area contributed by atoms with Gasteiger partial charge in [0.05, 0.1) is 18.6 Å². The molecule has 0 aliphatic heterocycles. The van der Waals surface area contributed by atoms with Crippen LogP contribution in [0, 0.1) is 32.1 Å². The Morgan fingerprint density at radius 3 is 2.19 bits per heavy atom. The lowest BCUT2D eigenvalue weighted by molar-refractivity contribution is 0.302. The Balaban J connectivity index is 1.98. The maximum atomic E-state index is 9.35. The monoisotopic (exact) mass is 279 g/mol. The molecule has 0 fully saturated rings. The lowest BCUT2D eigenvalue weighted by Crippen LogP contribution is -2.06. The number of ether oxygens (including phenoxy) is 1. The van der Waals surface area contributed by atoms with E-state index in [9.17, 15) is 5.26 Å². The second-order valence-corrected chi connectivity index (χ2v) is 5.45. The van der Waals surface area contributed by atoms with Crippen LogP contribution in [0.3, 0.4) is 0 Å². The van der Waals surface area contributed by atoms with Crippen LogP contribution in [0.2, 0.25) is 0 Å². The average molecular weight is 279 g/mol. The predicted molar refractivity (Wildman–Crippen MR) is 85.6 cm³/mol. The molecule has 0 amide bonds. The van der Waals surface area contributed by atoms with Gasteiger partial charge in [0, 0.05) is 6.42 Å². The van der Waals surface area contributed by atoms with E-state index >= 15 is 0 Å². The molecular formula is C19H21NO. The van der Waals surface area contributed by atoms with Gasteiger partial charge >= 0.3 is 0 Å². The van der Waals surface area contributed by atoms with Gasteiger partial charge in [-0.2, -0.15) is 5.26 Å². The van der Waals surface area contributed by atoms with E-state index in [0.717, 1.165) is 22.4 Å². The minimum atomic E-state index is -0.116. The minimum absolute atomic E-state index is 0.116. The minimum Gasteiger partial charge on any atom is -0.493 e. The molecule has 2 nitrogen and oxygen atoms in total. The summed E-state index contributed by atoms with van der Waals surface area (Å²) in [5, 5.41) is 9.35. The SMILES string of the molecule is Cc1ccc(C(C#N)CCOc2c(C)cccc2C)cc1. The predicted octanol–water partition coefficient (Wildman–Crippen LogP) is 4.69. The lowest BCUT2D eigenvalue weighted by atomic mass is 9.97. The third-order valence-electron chi connectivity index (χ3n) is 3.70. The van der Waals surface area contributed by atoms with E-state index in [-0.39, 0.29) is 5.92 Å². The maximum absolute atomic E-state index is 9.35. The zero-order valence-corrected chi connectivity index (χ0v) is 12.9. The van der Waals surface area contributed by atoms with E-state index < -0.39 is 0 Å². The van der Waals surface area contributed by atoms with Crippen molar-refractivity contribution in [2.24, 2.45) is 0 Å². The summed E-state index contributed by atoms with van der Waals surface area (Å²) in [7, 11) is 0. The normalized spacial score (nSPS) is 11.7. The summed E-state index contributed by atoms with van der Waals surface area (Å²) >= 11 is 0. The molecular weight excluding hydrogens is 258 g/mol. The van der Waals surface area contributed by atoms with Gasteiger partial charge in [0.1, 0.15) is 5.75 Å². The highest BCUT2D eigenvalue weighted by Crippen LogP contribution is 2.24. The fourth-order valence-corrected chi connectivity index (χ4v) is 2.41. The van der Waals surface area contributed by atoms with Crippen LogP contribution in [0.1, 0.15) is 34.6 Å². The number of aryl methyl sites for hydroxylation is 3. The van der Waals surface area contributed by atoms with Crippen molar-refractivity contribution in [2.75, 3.05) is 6.61 Å². The Morgan fingerprint density at radius 1 is 1.00 bits per heavy atom. The first-order chi connectivity index (χ1) is 10.1. The molecule has 1 atom stereocenters. The Morgan fingerprint density at radius 2 is 1.62 bits per heavy atom. The third kappa shape index (κ3) is 3.86. The largest absolute Gasteiger partial charge is 0.493 e. The molecule has 0 aliphatic rings. The average Bonchev–Trinajstić information content (AvgIpc) is 2.47. The van der Waals surface area contributed by atoms with Gasteiger partial charge in [-0.3, -0.25) is 0 Å². The summed E-state index contributed by atoms with van der Waals surface area (Å²) in [4.78, 5) is 0. The second-order valence-electron chi connectivity index (χ2n) is 5.45. The van der Waals surface area contributed by atoms with Crippen LogP contribution in [0.5, 0.6) is 5.75 Å². The van der Waals surface area contributed by atoms with Crippen molar-refractivity contribution in [1.29, 1.82) is 5.26 Å². The van der Waals surface area contributed by atoms with Crippen molar-refractivity contribution in [3.05, 3.63) is 64.7 Å². The van der Waals surface area contributed by atoms with E-state index in [1.165, 1.54) is 5.56 Å². The number of nitriles is 1. The number of hydrogen-bond acceptors (Lipinski definition) is 2. The Bertz CT molecular complexity index is 617. The van der Waals surface area contributed by atoms with Gasteiger partial charge in [0.15, 0.2) is 0 Å². The number of benzene rings is 2. The molecule has 0 spiro atoms. The zero-order valence-electron chi connectivity index (χ0n) is 12.9. The van der Waals surface area contributed by atoms with Crippen molar-refractivity contribution < 1.29 is 4.74 Å². The standard InChI is InChI=1S/C19H21NO/c1-14-7-9-17(10-8-14)18(13-20)11-12-21-19-15(2)5-4-6-16(19)3/h4-10,18H,11-12H2,1-3H3. The van der Waals surface area contributed by atoms with Gasteiger partial charge in [-0.05, 0) is 37.5 Å². The first-order valence-corrected chi connectivity index (χ1v) is 7.27. The van der Waals surface area contributed by atoms with Gasteiger partial charge in [-0.25, -0.2) is 0 Å². The molecule has 108 valence electrons. The van der Waals surface area contributed by atoms with Crippen molar-refractivity contribution >= 4 is 0 Å². The van der Waals surface area contributed by atoms with Crippen LogP contribution in [0.15, 0.2) is 42.5 Å². The summed E-state index contributed by atoms with van der Waals surface area (Å²) in [6.45, 7) is 6.70. The fourth-order valence-electron chi connectivity index (χ4n) is 2.41. The molecule has 0 bridgehead atoms. The molecule has 21 heavy (non-hydrogen) atoms. The van der Waals surface area contributed by atoms with Crippen molar-refractivity contribution in [3.8, 4) is 11.8 Å². The Hall–Kier alpha value is -2.27. The molecule has 0 saturated heterocycles. The molecule has 0 N–H and O–H groups in total. The van der Waals surface area contributed by atoms with Crippen LogP contribution in [-0.2, 0) is 0 Å². The third-order valence-corrected chi connectivity index (χ3v) is 3.70. The van der Waals surface area contributed by atoms with Gasteiger partial charge in [0.25, 0.3) is 0 Å². The highest BCUT2D eigenvalue weighted by molar-refractivity contribution is 5.39. The lowest BCUT2D eigenvalue weighted by Gasteiger charge is -2.14. The van der Waals surface area contributed by atoms with Crippen molar-refractivity contribution in [1.82, 2.24) is 0 Å². The zero-order chi connectivity index (χ0) is 15.2. The van der Waals surface area contributed by atoms with Crippen molar-refractivity contribution in [2.45, 2.75) is 33.1 Å². The van der Waals surface area contributed by atoms with Crippen LogP contribution >= 0.6 is 0 Å². The Kier molecular flexibility index (Phi) is 5.00. The summed E-state index contributed by atoms with van der Waals surface area (Å²) in [5.74, 6) is 0.827. The Labute approximate surface area is 127 Å². The molecule has 0 radical (unpaired) electrons. The molecule has 2 rings (SSSR count). The van der Waals surface area contributed by atoms with Gasteiger partial charge < -0.3 is 4.74 Å². The fraction of sp³-hybridized carbons (Fsp3) is 0.316. The van der Waals surface area contributed by atoms with E-state index in [1.54, 1.807) is 0 Å². The molecule has 2 aromatic carbocycles. The van der Waals surface area contributed by atoms with Crippen LogP contribution in [0.25, 0.3) is 0 Å². The van der Waals surface area contributed by atoms with E-state index in [2.05, 4.69) is 13.0 Å². The topological polar surface area (TPSA) is 33.0 Å². The first-order valence-electron chi connectivity index (χ1n) is 7.27. The van der Waals surface area contributed by atoms with Crippen LogP contribution < -0.4 is 4.74 Å².